The van der Waals surface area contributed by atoms with Gasteiger partial charge in [-0.2, -0.15) is 0 Å². The van der Waals surface area contributed by atoms with Gasteiger partial charge in [-0.05, 0) is 73.0 Å². The zero-order chi connectivity index (χ0) is 21.1. The molecule has 0 radical (unpaired) electrons. The zero-order valence-electron chi connectivity index (χ0n) is 17.3. The number of pyridine rings is 1. The summed E-state index contributed by atoms with van der Waals surface area (Å²) in [6.07, 6.45) is 7.04. The molecule has 1 aromatic heterocycles. The Morgan fingerprint density at radius 1 is 1.30 bits per heavy atom. The monoisotopic (exact) mass is 402 g/mol. The van der Waals surface area contributed by atoms with Crippen molar-refractivity contribution in [1.29, 1.82) is 5.41 Å². The summed E-state index contributed by atoms with van der Waals surface area (Å²) in [5.74, 6) is -0.263. The number of halogens is 1. The molecular formula is C25H27FN4. The van der Waals surface area contributed by atoms with Crippen molar-refractivity contribution in [3.63, 3.8) is 0 Å². The number of nitrogens with zero attached hydrogens (tertiary/aromatic N) is 2. The molecule has 0 saturated carbocycles. The molecule has 30 heavy (non-hydrogen) atoms. The first-order chi connectivity index (χ1) is 14.6. The number of benzene rings is 1. The lowest BCUT2D eigenvalue weighted by atomic mass is 9.63. The molecule has 1 aliphatic carbocycles. The van der Waals surface area contributed by atoms with E-state index in [9.17, 15) is 4.39 Å². The lowest BCUT2D eigenvalue weighted by molar-refractivity contribution is 0.185. The minimum atomic E-state index is -0.274. The third kappa shape index (κ3) is 3.73. The maximum atomic E-state index is 13.3. The van der Waals surface area contributed by atoms with Crippen molar-refractivity contribution in [3.05, 3.63) is 89.7 Å². The summed E-state index contributed by atoms with van der Waals surface area (Å²) in [7, 11) is 0. The van der Waals surface area contributed by atoms with Crippen molar-refractivity contribution >= 4 is 17.5 Å². The minimum absolute atomic E-state index is 0.263. The SMILES string of the molecule is C=C(c1ccccn1)C12CC(C=N)=C(Nc3ccc(F)cc3)C=C1CCN(CC)C2. The molecule has 1 fully saturated rings. The predicted octanol–water partition coefficient (Wildman–Crippen LogP) is 5.29. The van der Waals surface area contributed by atoms with Crippen LogP contribution in [-0.2, 0) is 0 Å². The summed E-state index contributed by atoms with van der Waals surface area (Å²) < 4.78 is 13.3. The molecule has 4 nitrogen and oxygen atoms in total. The van der Waals surface area contributed by atoms with Gasteiger partial charge in [-0.1, -0.05) is 25.1 Å². The van der Waals surface area contributed by atoms with Gasteiger partial charge in [0.1, 0.15) is 5.82 Å². The molecule has 1 aromatic carbocycles. The van der Waals surface area contributed by atoms with Crippen molar-refractivity contribution in [2.45, 2.75) is 19.8 Å². The standard InChI is InChI=1S/C25H27FN4/c1-3-30-13-11-20-14-24(29-22-9-7-21(26)8-10-22)19(16-27)15-25(20,17-30)18(2)23-6-4-5-12-28-23/h4-10,12,14,16,27,29H,2-3,11,13,15,17H2,1H3. The highest BCUT2D eigenvalue weighted by Crippen LogP contribution is 2.51. The molecule has 4 rings (SSSR count). The quantitative estimate of drug-likeness (QED) is 0.646. The lowest BCUT2D eigenvalue weighted by Crippen LogP contribution is -2.47. The molecule has 154 valence electrons. The number of nitrogens with one attached hydrogen (secondary N) is 2. The molecule has 1 unspecified atom stereocenters. The highest BCUT2D eigenvalue weighted by Gasteiger charge is 2.44. The number of hydrogen-bond acceptors (Lipinski definition) is 4. The van der Waals surface area contributed by atoms with Crippen molar-refractivity contribution in [2.75, 3.05) is 25.0 Å². The molecule has 1 aliphatic heterocycles. The molecule has 2 heterocycles. The van der Waals surface area contributed by atoms with Gasteiger partial charge < -0.3 is 15.6 Å². The highest BCUT2D eigenvalue weighted by molar-refractivity contribution is 5.84. The van der Waals surface area contributed by atoms with Crippen LogP contribution in [0.2, 0.25) is 0 Å². The van der Waals surface area contributed by atoms with E-state index < -0.39 is 0 Å². The summed E-state index contributed by atoms with van der Waals surface area (Å²) in [6.45, 7) is 9.53. The van der Waals surface area contributed by atoms with E-state index >= 15 is 0 Å². The molecule has 2 aliphatic rings. The number of rotatable bonds is 6. The lowest BCUT2D eigenvalue weighted by Gasteiger charge is -2.48. The first-order valence-corrected chi connectivity index (χ1v) is 10.4. The smallest absolute Gasteiger partial charge is 0.123 e. The van der Waals surface area contributed by atoms with Gasteiger partial charge in [0.25, 0.3) is 0 Å². The van der Waals surface area contributed by atoms with E-state index in [0.717, 1.165) is 54.3 Å². The number of anilines is 1. The number of piperidine rings is 1. The van der Waals surface area contributed by atoms with Gasteiger partial charge in [0.15, 0.2) is 0 Å². The summed E-state index contributed by atoms with van der Waals surface area (Å²) in [4.78, 5) is 7.02. The first kappa shape index (κ1) is 20.2. The van der Waals surface area contributed by atoms with Gasteiger partial charge in [0.2, 0.25) is 0 Å². The molecule has 2 N–H and O–H groups in total. The van der Waals surface area contributed by atoms with Crippen molar-refractivity contribution < 1.29 is 4.39 Å². The highest BCUT2D eigenvalue weighted by atomic mass is 19.1. The average molecular weight is 403 g/mol. The fourth-order valence-corrected chi connectivity index (χ4v) is 4.53. The number of allylic oxidation sites excluding steroid dienone is 2. The molecule has 5 heteroatoms. The predicted molar refractivity (Wildman–Crippen MR) is 121 cm³/mol. The zero-order valence-corrected chi connectivity index (χ0v) is 17.3. The second-order valence-electron chi connectivity index (χ2n) is 7.96. The summed E-state index contributed by atoms with van der Waals surface area (Å²) in [6, 6.07) is 12.2. The van der Waals surface area contributed by atoms with Crippen LogP contribution < -0.4 is 5.32 Å². The van der Waals surface area contributed by atoms with Crippen LogP contribution in [0.15, 0.2) is 78.2 Å². The van der Waals surface area contributed by atoms with Gasteiger partial charge in [-0.15, -0.1) is 0 Å². The summed E-state index contributed by atoms with van der Waals surface area (Å²) >= 11 is 0. The van der Waals surface area contributed by atoms with Crippen LogP contribution in [0.25, 0.3) is 5.57 Å². The van der Waals surface area contributed by atoms with Crippen LogP contribution >= 0.6 is 0 Å². The van der Waals surface area contributed by atoms with Gasteiger partial charge >= 0.3 is 0 Å². The number of likely N-dealkylation sites (tertiary alicyclic amines) is 1. The van der Waals surface area contributed by atoms with E-state index in [1.807, 2.05) is 18.2 Å². The summed E-state index contributed by atoms with van der Waals surface area (Å²) in [5.41, 5.74) is 5.58. The molecular weight excluding hydrogens is 375 g/mol. The maximum absolute atomic E-state index is 13.3. The Morgan fingerprint density at radius 2 is 2.10 bits per heavy atom. The minimum Gasteiger partial charge on any atom is -0.355 e. The average Bonchev–Trinajstić information content (AvgIpc) is 2.79. The first-order valence-electron chi connectivity index (χ1n) is 10.4. The maximum Gasteiger partial charge on any atom is 0.123 e. The van der Waals surface area contributed by atoms with Crippen LogP contribution in [-0.4, -0.2) is 35.7 Å². The van der Waals surface area contributed by atoms with Crippen LogP contribution in [0, 0.1) is 16.6 Å². The van der Waals surface area contributed by atoms with Gasteiger partial charge in [0.05, 0.1) is 5.69 Å². The molecule has 1 atom stereocenters. The topological polar surface area (TPSA) is 52.0 Å². The van der Waals surface area contributed by atoms with E-state index in [1.165, 1.54) is 23.9 Å². The Hall–Kier alpha value is -3.05. The number of fused-ring (bicyclic) bond motifs is 1. The molecule has 2 aromatic rings. The van der Waals surface area contributed by atoms with Gasteiger partial charge in [-0.3, -0.25) is 4.98 Å². The van der Waals surface area contributed by atoms with Crippen LogP contribution in [0.5, 0.6) is 0 Å². The van der Waals surface area contributed by atoms with Crippen LogP contribution in [0.3, 0.4) is 0 Å². The number of aromatic nitrogens is 1. The Morgan fingerprint density at radius 3 is 2.77 bits per heavy atom. The van der Waals surface area contributed by atoms with E-state index in [2.05, 4.69) is 34.8 Å². The Labute approximate surface area is 177 Å². The van der Waals surface area contributed by atoms with E-state index in [1.54, 1.807) is 18.3 Å². The van der Waals surface area contributed by atoms with Crippen LogP contribution in [0.1, 0.15) is 25.5 Å². The second kappa shape index (κ2) is 8.36. The van der Waals surface area contributed by atoms with Gasteiger partial charge in [0, 0.05) is 42.3 Å². The molecule has 0 bridgehead atoms. The molecule has 0 spiro atoms. The van der Waals surface area contributed by atoms with E-state index in [0.29, 0.717) is 6.42 Å². The number of hydrogen-bond donors (Lipinski definition) is 2. The Bertz CT molecular complexity index is 1010. The van der Waals surface area contributed by atoms with Crippen molar-refractivity contribution in [1.82, 2.24) is 9.88 Å². The van der Waals surface area contributed by atoms with E-state index in [4.69, 9.17) is 5.41 Å². The fraction of sp³-hybridized carbons (Fsp3) is 0.280. The normalized spacial score (nSPS) is 21.6. The second-order valence-corrected chi connectivity index (χ2v) is 7.96. The Kier molecular flexibility index (Phi) is 5.64. The van der Waals surface area contributed by atoms with E-state index in [-0.39, 0.29) is 11.2 Å². The molecule has 1 saturated heterocycles. The van der Waals surface area contributed by atoms with Gasteiger partial charge in [-0.25, -0.2) is 4.39 Å². The van der Waals surface area contributed by atoms with Crippen molar-refractivity contribution in [3.8, 4) is 0 Å². The Balaban J connectivity index is 1.74. The largest absolute Gasteiger partial charge is 0.355 e. The van der Waals surface area contributed by atoms with Crippen molar-refractivity contribution in [2.24, 2.45) is 5.41 Å². The van der Waals surface area contributed by atoms with Crippen LogP contribution in [0.4, 0.5) is 10.1 Å². The molecule has 0 amide bonds. The third-order valence-electron chi connectivity index (χ3n) is 6.26. The third-order valence-corrected chi connectivity index (χ3v) is 6.26. The summed E-state index contributed by atoms with van der Waals surface area (Å²) in [5, 5.41) is 11.5. The fourth-order valence-electron chi connectivity index (χ4n) is 4.53.